The molecule has 7 rings (SSSR count). The molecule has 0 bridgehead atoms. The van der Waals surface area contributed by atoms with E-state index in [4.69, 9.17) is 33.7 Å². The number of likely N-dealkylation sites (tertiary alicyclic amines) is 1. The Morgan fingerprint density at radius 1 is 0.604 bits per heavy atom. The van der Waals surface area contributed by atoms with Crippen molar-refractivity contribution < 1.29 is 92.9 Å². The average molecular weight is 1590 g/mol. The van der Waals surface area contributed by atoms with E-state index in [1.165, 1.54) is 43.0 Å². The van der Waals surface area contributed by atoms with E-state index in [1.807, 2.05) is 0 Å². The SMILES string of the molecule is CC(=O)N[C@H](Cc1ccc(Cl)cc1)C(=O)N[C@H](Cc1ccc(Cl)cc1)C(=O)N[C@H](Cc1c[nH]c2ccccc12)C(=O)N[C@@H](CO)C(=O)N[C@@H](Cc1ccc(O)cc1)C(=O)N[C@H](CCCCNC=O)C(=O)N[C@@H](CC(C)C)C(=O)N[C@@H](CCCCN[C@]1(CO)OC[C@@H](O)[C@@H](O)[C@@H]1O)C(=O)N1CCC[C@H]1C(=O)N[C@H](C)C(N)=O. The van der Waals surface area contributed by atoms with Crippen molar-refractivity contribution in [3.63, 3.8) is 0 Å². The van der Waals surface area contributed by atoms with Crippen LogP contribution in [0.4, 0.5) is 0 Å². The Bertz CT molecular complexity index is 3990. The normalized spacial score (nSPS) is 19.3. The minimum Gasteiger partial charge on any atom is -0.508 e. The lowest BCUT2D eigenvalue weighted by Gasteiger charge is -2.44. The van der Waals surface area contributed by atoms with Crippen LogP contribution in [0.5, 0.6) is 5.75 Å². The molecule has 5 aromatic rings. The molecule has 2 fully saturated rings. The minimum absolute atomic E-state index is 0.00363. The van der Waals surface area contributed by atoms with Gasteiger partial charge in [0.1, 0.15) is 84.5 Å². The molecule has 14 atom stereocenters. The summed E-state index contributed by atoms with van der Waals surface area (Å²) in [5.74, 6) is -9.81. The molecule has 2 aliphatic rings. The highest BCUT2D eigenvalue weighted by atomic mass is 35.5. The summed E-state index contributed by atoms with van der Waals surface area (Å²) in [5.41, 5.74) is 6.26. The highest BCUT2D eigenvalue weighted by Gasteiger charge is 2.49. The molecule has 12 amide bonds. The summed E-state index contributed by atoms with van der Waals surface area (Å²) >= 11 is 12.4. The van der Waals surface area contributed by atoms with Crippen LogP contribution in [-0.2, 0) is 88.0 Å². The first-order valence-corrected chi connectivity index (χ1v) is 37.6. The predicted molar refractivity (Wildman–Crippen MR) is 407 cm³/mol. The molecular weight excluding hydrogens is 1480 g/mol. The Hall–Kier alpha value is -9.84. The molecule has 3 heterocycles. The van der Waals surface area contributed by atoms with Gasteiger partial charge in [-0.1, -0.05) is 91.6 Å². The van der Waals surface area contributed by atoms with Crippen LogP contribution in [0.3, 0.4) is 0 Å². The van der Waals surface area contributed by atoms with Gasteiger partial charge >= 0.3 is 0 Å². The molecule has 0 saturated carbocycles. The van der Waals surface area contributed by atoms with E-state index in [9.17, 15) is 83.4 Å². The van der Waals surface area contributed by atoms with Gasteiger partial charge in [0.25, 0.3) is 0 Å². The number of fused-ring (bicyclic) bond motifs is 1. The number of nitrogens with one attached hydrogen (secondary N) is 12. The number of nitrogens with two attached hydrogens (primary N) is 1. The van der Waals surface area contributed by atoms with E-state index in [2.05, 4.69) is 63.5 Å². The van der Waals surface area contributed by atoms with Crippen LogP contribution in [0, 0.1) is 5.92 Å². The number of aromatic amines is 1. The molecule has 33 nitrogen and oxygen atoms in total. The van der Waals surface area contributed by atoms with Gasteiger partial charge in [0.2, 0.25) is 71.4 Å². The van der Waals surface area contributed by atoms with Crippen LogP contribution in [0.25, 0.3) is 10.9 Å². The Balaban J connectivity index is 1.14. The van der Waals surface area contributed by atoms with E-state index in [0.29, 0.717) is 56.0 Å². The summed E-state index contributed by atoms with van der Waals surface area (Å²) in [6, 6.07) is 11.3. The summed E-state index contributed by atoms with van der Waals surface area (Å²) in [6.07, 6.45) is -2.50. The van der Waals surface area contributed by atoms with E-state index in [0.717, 1.165) is 0 Å². The standard InChI is InChI=1S/C76H102Cl2N14O19/c1-42(2)32-56(68(103)86-55(75(110)92-31-11-16-62(92)74(109)83-43(3)66(79)101)15-8-10-30-82-76(40-94)65(100)64(99)63(98)39-111-76)87-67(102)54(14-7-9-29-80-41-95)85-70(105)58(35-47-21-27-51(97)28-22-47)89-73(108)61(38-93)91-72(107)60(36-48-37-81-53-13-6-5-12-52(48)53)90-71(106)59(34-46-19-25-50(78)26-20-46)88-69(104)57(84-44(4)96)33-45-17-23-49(77)24-18-45/h5-6,12-13,17-28,37,41-43,54-65,81-82,93-94,97-100H,7-11,14-16,29-36,38-40H2,1-4H3,(H2,79,101)(H,80,95)(H,83,109)(H,84,96)(H,85,105)(H,86,103)(H,87,102)(H,88,104)(H,89,108)(H,90,106)(H,91,107)/t43-,54-,55+,56+,57-,58+,59-,60-,61+,62+,63-,64-,65+,76-/m1/s1. The Labute approximate surface area is 651 Å². The van der Waals surface area contributed by atoms with Crippen molar-refractivity contribution in [1.82, 2.24) is 68.4 Å². The Morgan fingerprint density at radius 2 is 1.08 bits per heavy atom. The lowest BCUT2D eigenvalue weighted by Crippen LogP contribution is -2.69. The van der Waals surface area contributed by atoms with Crippen LogP contribution in [0.1, 0.15) is 108 Å². The second-order valence-electron chi connectivity index (χ2n) is 28.3. The second kappa shape index (κ2) is 43.1. The quantitative estimate of drug-likeness (QED) is 0.0162. The second-order valence-corrected chi connectivity index (χ2v) is 29.1. The molecule has 0 spiro atoms. The molecule has 2 saturated heterocycles. The number of aromatic nitrogens is 1. The average Bonchev–Trinajstić information content (AvgIpc) is 1.83. The maximum Gasteiger partial charge on any atom is 0.245 e. The predicted octanol–water partition coefficient (Wildman–Crippen LogP) is -1.15. The number of phenolic OH excluding ortho intramolecular Hbond substituents is 1. The molecule has 1 aromatic heterocycles. The maximum absolute atomic E-state index is 15.1. The smallest absolute Gasteiger partial charge is 0.245 e. The van der Waals surface area contributed by atoms with E-state index >= 15 is 4.79 Å². The van der Waals surface area contributed by atoms with Crippen molar-refractivity contribution in [3.05, 3.63) is 136 Å². The van der Waals surface area contributed by atoms with Gasteiger partial charge < -0.3 is 104 Å². The van der Waals surface area contributed by atoms with Crippen LogP contribution < -0.4 is 64.2 Å². The largest absolute Gasteiger partial charge is 0.508 e. The number of carbonyl (C=O) groups is 12. The third-order valence-electron chi connectivity index (χ3n) is 19.2. The number of para-hydroxylation sites is 1. The van der Waals surface area contributed by atoms with Crippen LogP contribution in [0.15, 0.2) is 103 Å². The Morgan fingerprint density at radius 3 is 1.62 bits per heavy atom. The fourth-order valence-corrected chi connectivity index (χ4v) is 13.3. The number of phenols is 1. The topological polar surface area (TPSA) is 513 Å². The first kappa shape index (κ1) is 88.4. The summed E-state index contributed by atoms with van der Waals surface area (Å²) in [7, 11) is 0. The number of unbranched alkanes of at least 4 members (excludes halogenated alkanes) is 2. The fourth-order valence-electron chi connectivity index (χ4n) is 13.1. The van der Waals surface area contributed by atoms with E-state index in [1.54, 1.807) is 92.8 Å². The zero-order valence-corrected chi connectivity index (χ0v) is 63.7. The van der Waals surface area contributed by atoms with Crippen molar-refractivity contribution in [2.75, 3.05) is 39.5 Å². The molecule has 2 aliphatic heterocycles. The lowest BCUT2D eigenvalue weighted by atomic mass is 9.94. The number of carbonyl (C=O) groups excluding carboxylic acids is 12. The van der Waals surface area contributed by atoms with Gasteiger partial charge in [0.05, 0.1) is 19.8 Å². The number of aromatic hydroxyl groups is 1. The molecule has 20 N–H and O–H groups in total. The number of amides is 12. The number of hydrogen-bond acceptors (Lipinski definition) is 20. The maximum atomic E-state index is 15.1. The van der Waals surface area contributed by atoms with Crippen LogP contribution in [-0.4, -0.2) is 236 Å². The van der Waals surface area contributed by atoms with Gasteiger partial charge in [-0.05, 0) is 142 Å². The van der Waals surface area contributed by atoms with Crippen LogP contribution >= 0.6 is 23.2 Å². The first-order valence-electron chi connectivity index (χ1n) is 36.9. The van der Waals surface area contributed by atoms with E-state index < -0.39 is 169 Å². The van der Waals surface area contributed by atoms with Gasteiger partial charge in [-0.2, -0.15) is 0 Å². The van der Waals surface area contributed by atoms with Crippen molar-refractivity contribution in [2.45, 2.75) is 196 Å². The number of benzene rings is 4. The number of H-pyrrole nitrogens is 1. The van der Waals surface area contributed by atoms with Gasteiger partial charge in [-0.25, -0.2) is 0 Å². The first-order chi connectivity index (χ1) is 52.9. The van der Waals surface area contributed by atoms with Gasteiger partial charge in [0.15, 0.2) is 5.72 Å². The van der Waals surface area contributed by atoms with Gasteiger partial charge in [-0.3, -0.25) is 62.9 Å². The zero-order valence-electron chi connectivity index (χ0n) is 62.2. The number of aliphatic hydroxyl groups is 5. The summed E-state index contributed by atoms with van der Waals surface area (Å²) < 4.78 is 5.55. The van der Waals surface area contributed by atoms with E-state index in [-0.39, 0.29) is 108 Å². The molecule has 0 unspecified atom stereocenters. The molecular formula is C76H102Cl2N14O19. The number of ether oxygens (including phenoxy) is 1. The summed E-state index contributed by atoms with van der Waals surface area (Å²) in [6.45, 7) is 4.01. The van der Waals surface area contributed by atoms with Crippen LogP contribution in [0.2, 0.25) is 10.0 Å². The highest BCUT2D eigenvalue weighted by Crippen LogP contribution is 2.26. The van der Waals surface area contributed by atoms with Gasteiger partial charge in [0, 0.05) is 72.8 Å². The van der Waals surface area contributed by atoms with Crippen molar-refractivity contribution in [3.8, 4) is 5.75 Å². The minimum atomic E-state index is -1.87. The van der Waals surface area contributed by atoms with Crippen molar-refractivity contribution >= 4 is 105 Å². The number of halogens is 2. The van der Waals surface area contributed by atoms with Gasteiger partial charge in [-0.15, -0.1) is 0 Å². The lowest BCUT2D eigenvalue weighted by molar-refractivity contribution is -0.258. The monoisotopic (exact) mass is 1580 g/mol. The van der Waals surface area contributed by atoms with Crippen molar-refractivity contribution in [2.24, 2.45) is 11.7 Å². The number of rotatable bonds is 43. The highest BCUT2D eigenvalue weighted by molar-refractivity contribution is 6.30. The molecule has 0 radical (unpaired) electrons. The third-order valence-corrected chi connectivity index (χ3v) is 19.7. The Kier molecular flexibility index (Phi) is 34.3. The fraction of sp³-hybridized carbons (Fsp3) is 0.500. The molecule has 111 heavy (non-hydrogen) atoms. The number of nitrogens with zero attached hydrogens (tertiary/aromatic N) is 1. The number of hydrogen-bond donors (Lipinski definition) is 19. The molecule has 604 valence electrons. The summed E-state index contributed by atoms with van der Waals surface area (Å²) in [5, 5.41) is 93.7. The molecule has 4 aromatic carbocycles. The summed E-state index contributed by atoms with van der Waals surface area (Å²) in [4.78, 5) is 173. The third kappa shape index (κ3) is 26.4. The molecule has 0 aliphatic carbocycles. The van der Waals surface area contributed by atoms with Crippen molar-refractivity contribution in [1.29, 1.82) is 0 Å². The zero-order chi connectivity index (χ0) is 81.1. The number of aliphatic hydroxyl groups excluding tert-OH is 5. The number of primary amides is 1. The molecule has 35 heteroatoms.